The molecule has 0 aliphatic carbocycles. The van der Waals surface area contributed by atoms with Crippen LogP contribution in [0.25, 0.3) is 0 Å². The summed E-state index contributed by atoms with van der Waals surface area (Å²) in [7, 11) is 0. The lowest BCUT2D eigenvalue weighted by molar-refractivity contribution is 0.0405. The average Bonchev–Trinajstić information content (AvgIpc) is 2.65. The van der Waals surface area contributed by atoms with Crippen molar-refractivity contribution in [3.63, 3.8) is 0 Å². The Kier molecular flexibility index (Phi) is 4.35. The van der Waals surface area contributed by atoms with E-state index in [1.165, 1.54) is 12.8 Å². The number of nitrogens with zero attached hydrogens (tertiary/aromatic N) is 1. The first kappa shape index (κ1) is 12.0. The van der Waals surface area contributed by atoms with Gasteiger partial charge < -0.3 is 15.1 Å². The average molecular weight is 201 g/mol. The number of likely N-dealkylation sites (tertiary alicyclic amines) is 1. The molecule has 0 aromatic rings. The smallest absolute Gasteiger partial charge is 0.0519 e. The monoisotopic (exact) mass is 201 g/mol. The minimum absolute atomic E-state index is 0.0663. The summed E-state index contributed by atoms with van der Waals surface area (Å²) in [4.78, 5) is 2.36. The fraction of sp³-hybridized carbons (Fsp3) is 1.00. The van der Waals surface area contributed by atoms with Crippen molar-refractivity contribution in [3.8, 4) is 0 Å². The maximum Gasteiger partial charge on any atom is 0.0519 e. The first-order valence-corrected chi connectivity index (χ1v) is 5.57. The van der Waals surface area contributed by atoms with E-state index in [1.807, 2.05) is 6.92 Å². The summed E-state index contributed by atoms with van der Waals surface area (Å²) < 4.78 is 0. The second-order valence-corrected chi connectivity index (χ2v) is 4.92. The van der Waals surface area contributed by atoms with Crippen LogP contribution in [0.4, 0.5) is 0 Å². The van der Waals surface area contributed by atoms with Gasteiger partial charge in [0.05, 0.1) is 13.2 Å². The van der Waals surface area contributed by atoms with Crippen LogP contribution in [-0.2, 0) is 0 Å². The van der Waals surface area contributed by atoms with Gasteiger partial charge in [0.25, 0.3) is 0 Å². The van der Waals surface area contributed by atoms with Gasteiger partial charge in [-0.15, -0.1) is 0 Å². The zero-order chi connectivity index (χ0) is 10.6. The third kappa shape index (κ3) is 2.94. The predicted molar refractivity (Wildman–Crippen MR) is 57.1 cm³/mol. The summed E-state index contributed by atoms with van der Waals surface area (Å²) in [5.74, 6) is 0.816. The lowest BCUT2D eigenvalue weighted by Crippen LogP contribution is -2.39. The summed E-state index contributed by atoms with van der Waals surface area (Å²) >= 11 is 0. The second-order valence-electron chi connectivity index (χ2n) is 4.92. The molecular formula is C11H23NO2. The lowest BCUT2D eigenvalue weighted by Gasteiger charge is -2.30. The molecule has 1 fully saturated rings. The molecule has 1 unspecified atom stereocenters. The number of aliphatic hydroxyl groups is 2. The van der Waals surface area contributed by atoms with Gasteiger partial charge in [-0.3, -0.25) is 0 Å². The molecule has 1 aliphatic rings. The third-order valence-corrected chi connectivity index (χ3v) is 3.32. The van der Waals surface area contributed by atoms with Crippen LogP contribution in [0.2, 0.25) is 0 Å². The highest BCUT2D eigenvalue weighted by Gasteiger charge is 2.29. The van der Waals surface area contributed by atoms with Gasteiger partial charge in [0, 0.05) is 18.5 Å². The Balaban J connectivity index is 2.37. The number of rotatable bonds is 5. The van der Waals surface area contributed by atoms with Crippen molar-refractivity contribution >= 4 is 0 Å². The van der Waals surface area contributed by atoms with Crippen molar-refractivity contribution in [2.45, 2.75) is 26.7 Å². The lowest BCUT2D eigenvalue weighted by atomic mass is 9.92. The molecule has 1 rings (SSSR count). The maximum absolute atomic E-state index is 9.18. The molecular weight excluding hydrogens is 178 g/mol. The first-order chi connectivity index (χ1) is 6.63. The number of hydrogen-bond acceptors (Lipinski definition) is 3. The quantitative estimate of drug-likeness (QED) is 0.688. The van der Waals surface area contributed by atoms with E-state index in [9.17, 15) is 10.2 Å². The van der Waals surface area contributed by atoms with Crippen LogP contribution >= 0.6 is 0 Å². The van der Waals surface area contributed by atoms with E-state index in [2.05, 4.69) is 11.8 Å². The molecule has 0 radical (unpaired) electrons. The fourth-order valence-corrected chi connectivity index (χ4v) is 2.08. The molecule has 0 aromatic heterocycles. The highest BCUT2D eigenvalue weighted by Crippen LogP contribution is 2.24. The molecule has 0 aromatic carbocycles. The van der Waals surface area contributed by atoms with Crippen molar-refractivity contribution in [3.05, 3.63) is 0 Å². The Labute approximate surface area is 86.7 Å². The number of hydrogen-bond donors (Lipinski definition) is 2. The molecule has 1 saturated heterocycles. The summed E-state index contributed by atoms with van der Waals surface area (Å²) in [6.45, 7) is 7.36. The van der Waals surface area contributed by atoms with Gasteiger partial charge in [-0.2, -0.15) is 0 Å². The minimum Gasteiger partial charge on any atom is -0.396 e. The predicted octanol–water partition coefficient (Wildman–Crippen LogP) is 0.709. The van der Waals surface area contributed by atoms with E-state index < -0.39 is 0 Å². The van der Waals surface area contributed by atoms with E-state index in [-0.39, 0.29) is 18.6 Å². The molecule has 0 spiro atoms. The molecule has 3 nitrogen and oxygen atoms in total. The van der Waals surface area contributed by atoms with Gasteiger partial charge in [0.15, 0.2) is 0 Å². The highest BCUT2D eigenvalue weighted by molar-refractivity contribution is 4.82. The topological polar surface area (TPSA) is 43.7 Å². The van der Waals surface area contributed by atoms with Gasteiger partial charge in [0.1, 0.15) is 0 Å². The van der Waals surface area contributed by atoms with Gasteiger partial charge in [-0.25, -0.2) is 0 Å². The van der Waals surface area contributed by atoms with Crippen molar-refractivity contribution in [2.24, 2.45) is 11.3 Å². The standard InChI is InChI=1S/C11H23NO2/c1-3-10-4-5-12(6-10)7-11(2,8-13)9-14/h10,13-14H,3-9H2,1-2H3. The Morgan fingerprint density at radius 2 is 2.00 bits per heavy atom. The largest absolute Gasteiger partial charge is 0.396 e. The van der Waals surface area contributed by atoms with Crippen molar-refractivity contribution in [1.29, 1.82) is 0 Å². The van der Waals surface area contributed by atoms with Gasteiger partial charge in [-0.05, 0) is 18.9 Å². The van der Waals surface area contributed by atoms with E-state index in [0.717, 1.165) is 25.6 Å². The minimum atomic E-state index is -0.331. The maximum atomic E-state index is 9.18. The van der Waals surface area contributed by atoms with Crippen LogP contribution < -0.4 is 0 Å². The van der Waals surface area contributed by atoms with E-state index in [4.69, 9.17) is 0 Å². The fourth-order valence-electron chi connectivity index (χ4n) is 2.08. The summed E-state index contributed by atoms with van der Waals surface area (Å²) in [6, 6.07) is 0. The Morgan fingerprint density at radius 1 is 1.36 bits per heavy atom. The number of aliphatic hydroxyl groups excluding tert-OH is 2. The normalized spacial score (nSPS) is 24.4. The van der Waals surface area contributed by atoms with Gasteiger partial charge in [0.2, 0.25) is 0 Å². The van der Waals surface area contributed by atoms with Crippen molar-refractivity contribution in [1.82, 2.24) is 4.90 Å². The first-order valence-electron chi connectivity index (χ1n) is 5.57. The van der Waals surface area contributed by atoms with E-state index in [0.29, 0.717) is 0 Å². The third-order valence-electron chi connectivity index (χ3n) is 3.32. The van der Waals surface area contributed by atoms with Crippen LogP contribution in [0.15, 0.2) is 0 Å². The zero-order valence-corrected chi connectivity index (χ0v) is 9.37. The van der Waals surface area contributed by atoms with E-state index >= 15 is 0 Å². The molecule has 1 aliphatic heterocycles. The molecule has 1 atom stereocenters. The van der Waals surface area contributed by atoms with Crippen LogP contribution in [0.3, 0.4) is 0 Å². The van der Waals surface area contributed by atoms with Crippen LogP contribution in [-0.4, -0.2) is 48.0 Å². The second kappa shape index (κ2) is 5.10. The van der Waals surface area contributed by atoms with Crippen LogP contribution in [0.5, 0.6) is 0 Å². The highest BCUT2D eigenvalue weighted by atomic mass is 16.3. The summed E-state index contributed by atoms with van der Waals surface area (Å²) in [6.07, 6.45) is 2.51. The van der Waals surface area contributed by atoms with Crippen molar-refractivity contribution in [2.75, 3.05) is 32.8 Å². The summed E-state index contributed by atoms with van der Waals surface area (Å²) in [5, 5.41) is 18.4. The Hall–Kier alpha value is -0.120. The molecule has 3 heteroatoms. The molecule has 2 N–H and O–H groups in total. The Morgan fingerprint density at radius 3 is 2.43 bits per heavy atom. The molecule has 0 bridgehead atoms. The van der Waals surface area contributed by atoms with Gasteiger partial charge >= 0.3 is 0 Å². The SMILES string of the molecule is CCC1CCN(CC(C)(CO)CO)C1. The molecule has 14 heavy (non-hydrogen) atoms. The zero-order valence-electron chi connectivity index (χ0n) is 9.37. The van der Waals surface area contributed by atoms with Gasteiger partial charge in [-0.1, -0.05) is 20.3 Å². The molecule has 84 valence electrons. The molecule has 1 heterocycles. The van der Waals surface area contributed by atoms with Crippen molar-refractivity contribution < 1.29 is 10.2 Å². The molecule has 0 saturated carbocycles. The van der Waals surface area contributed by atoms with Crippen LogP contribution in [0, 0.1) is 11.3 Å². The van der Waals surface area contributed by atoms with Crippen LogP contribution in [0.1, 0.15) is 26.7 Å². The Bertz CT molecular complexity index is 169. The summed E-state index contributed by atoms with van der Waals surface area (Å²) in [5.41, 5.74) is -0.331. The van der Waals surface area contributed by atoms with E-state index in [1.54, 1.807) is 0 Å². The molecule has 0 amide bonds.